The van der Waals surface area contributed by atoms with Crippen molar-refractivity contribution in [2.24, 2.45) is 0 Å². The summed E-state index contributed by atoms with van der Waals surface area (Å²) in [5.74, 6) is 1.64. The molecule has 0 aliphatic carbocycles. The molecule has 0 atom stereocenters. The predicted octanol–water partition coefficient (Wildman–Crippen LogP) is 17.2. The summed E-state index contributed by atoms with van der Waals surface area (Å²) < 4.78 is 17.9. The Kier molecular flexibility index (Phi) is 8.04. The molecule has 334 valence electrons. The fourth-order valence-corrected chi connectivity index (χ4v) is 11.5. The quantitative estimate of drug-likeness (QED) is 0.172. The zero-order valence-corrected chi connectivity index (χ0v) is 38.4. The van der Waals surface area contributed by atoms with E-state index in [1.807, 2.05) is 36.4 Å². The van der Waals surface area contributed by atoms with Crippen LogP contribution in [0.2, 0.25) is 0 Å². The molecule has 7 heteroatoms. The SMILES string of the molecule is c1ccc(-n2c3ccccc3c3ccc(-c4nc(-c5ccc6oc7ccccc7c6c5)nc(-c5cc(-n6c7cc8ccccc8cc7c7c8ccccc8ccc76)cc6oc7ccccc7c56)n4)cc32)cc1. The predicted molar refractivity (Wildman–Crippen MR) is 294 cm³/mol. The lowest BCUT2D eigenvalue weighted by molar-refractivity contribution is 0.668. The van der Waals surface area contributed by atoms with Crippen LogP contribution in [0.15, 0.2) is 233 Å². The van der Waals surface area contributed by atoms with Crippen molar-refractivity contribution in [2.75, 3.05) is 0 Å². The Balaban J connectivity index is 1.00. The molecule has 16 rings (SSSR count). The molecule has 0 saturated heterocycles. The first-order valence-electron chi connectivity index (χ1n) is 24.2. The number of nitrogens with zero attached hydrogens (tertiary/aromatic N) is 5. The van der Waals surface area contributed by atoms with Crippen molar-refractivity contribution in [1.29, 1.82) is 0 Å². The van der Waals surface area contributed by atoms with E-state index in [9.17, 15) is 0 Å². The van der Waals surface area contributed by atoms with E-state index in [2.05, 4.69) is 197 Å². The van der Waals surface area contributed by atoms with Gasteiger partial charge in [0.15, 0.2) is 17.5 Å². The van der Waals surface area contributed by atoms with E-state index in [0.717, 1.165) is 99.4 Å². The molecule has 0 aliphatic rings. The zero-order valence-electron chi connectivity index (χ0n) is 38.4. The van der Waals surface area contributed by atoms with Gasteiger partial charge < -0.3 is 18.0 Å². The molecule has 0 bridgehead atoms. The number of hydrogen-bond acceptors (Lipinski definition) is 5. The molecule has 0 amide bonds. The van der Waals surface area contributed by atoms with Gasteiger partial charge in [0.1, 0.15) is 22.3 Å². The number of fused-ring (bicyclic) bond motifs is 15. The van der Waals surface area contributed by atoms with E-state index in [0.29, 0.717) is 17.5 Å². The number of aromatic nitrogens is 5. The highest BCUT2D eigenvalue weighted by molar-refractivity contribution is 6.24. The molecule has 0 aliphatic heterocycles. The Hall–Kier alpha value is -9.85. The van der Waals surface area contributed by atoms with Crippen LogP contribution in [0.1, 0.15) is 0 Å². The van der Waals surface area contributed by atoms with Gasteiger partial charge in [0, 0.05) is 71.5 Å². The molecule has 0 fully saturated rings. The van der Waals surface area contributed by atoms with E-state index in [1.165, 1.54) is 37.7 Å². The van der Waals surface area contributed by atoms with Gasteiger partial charge in [-0.25, -0.2) is 15.0 Å². The molecule has 72 heavy (non-hydrogen) atoms. The maximum atomic E-state index is 6.86. The Morgan fingerprint density at radius 1 is 0.278 bits per heavy atom. The van der Waals surface area contributed by atoms with Gasteiger partial charge in [-0.3, -0.25) is 0 Å². The average Bonchev–Trinajstić information content (AvgIpc) is 4.19. The van der Waals surface area contributed by atoms with Crippen molar-refractivity contribution < 1.29 is 8.83 Å². The molecule has 16 aromatic rings. The molecule has 0 radical (unpaired) electrons. The van der Waals surface area contributed by atoms with E-state index >= 15 is 0 Å². The lowest BCUT2D eigenvalue weighted by Gasteiger charge is -2.13. The van der Waals surface area contributed by atoms with Crippen LogP contribution in [-0.4, -0.2) is 24.1 Å². The summed E-state index contributed by atoms with van der Waals surface area (Å²) >= 11 is 0. The lowest BCUT2D eigenvalue weighted by atomic mass is 10.0. The van der Waals surface area contributed by atoms with Gasteiger partial charge in [0.25, 0.3) is 0 Å². The van der Waals surface area contributed by atoms with Crippen LogP contribution >= 0.6 is 0 Å². The first kappa shape index (κ1) is 39.0. The van der Waals surface area contributed by atoms with Gasteiger partial charge in [-0.15, -0.1) is 0 Å². The summed E-state index contributed by atoms with van der Waals surface area (Å²) in [6.07, 6.45) is 0. The summed E-state index contributed by atoms with van der Waals surface area (Å²) in [5.41, 5.74) is 12.1. The standard InChI is InChI=1S/C65H37N5O2/c1-2-17-43(18-3-1)69-53-23-11-8-20-46(53)47-29-26-42(35-55(47)69)64-66-63(41-28-31-59-50(33-41)48-21-9-12-24-57(48)71-59)67-65(68-64)52-36-44(37-60-62(52)49-22-10-13-25-58(49)72-60)70-54-30-27-38-14-6-7-19-45(38)61(54)51-32-39-15-4-5-16-40(39)34-56(51)70/h1-37H. The topological polar surface area (TPSA) is 74.8 Å². The van der Waals surface area contributed by atoms with E-state index in [4.69, 9.17) is 23.8 Å². The molecular formula is C65H37N5O2. The number of para-hydroxylation sites is 4. The van der Waals surface area contributed by atoms with Crippen LogP contribution in [-0.2, 0) is 0 Å². The van der Waals surface area contributed by atoms with Crippen molar-refractivity contribution in [3.8, 4) is 45.5 Å². The number of benzene rings is 11. The minimum atomic E-state index is 0.533. The smallest absolute Gasteiger partial charge is 0.164 e. The van der Waals surface area contributed by atoms with Crippen molar-refractivity contribution in [3.05, 3.63) is 224 Å². The normalized spacial score (nSPS) is 12.2. The third-order valence-corrected chi connectivity index (χ3v) is 14.7. The maximum absolute atomic E-state index is 6.86. The van der Waals surface area contributed by atoms with Crippen molar-refractivity contribution in [3.63, 3.8) is 0 Å². The molecule has 0 saturated carbocycles. The van der Waals surface area contributed by atoms with Crippen molar-refractivity contribution >= 4 is 109 Å². The first-order valence-corrected chi connectivity index (χ1v) is 24.2. The second kappa shape index (κ2) is 14.8. The van der Waals surface area contributed by atoms with Gasteiger partial charge in [-0.1, -0.05) is 140 Å². The third kappa shape index (κ3) is 5.70. The second-order valence-corrected chi connectivity index (χ2v) is 18.7. The zero-order chi connectivity index (χ0) is 47.0. The first-order chi connectivity index (χ1) is 35.7. The van der Waals surface area contributed by atoms with Gasteiger partial charge >= 0.3 is 0 Å². The lowest BCUT2D eigenvalue weighted by Crippen LogP contribution is -2.02. The van der Waals surface area contributed by atoms with Crippen LogP contribution in [0.4, 0.5) is 0 Å². The Labute approximate surface area is 410 Å². The molecule has 5 aromatic heterocycles. The van der Waals surface area contributed by atoms with Gasteiger partial charge in [0.05, 0.1) is 27.8 Å². The maximum Gasteiger partial charge on any atom is 0.164 e. The van der Waals surface area contributed by atoms with E-state index in [1.54, 1.807) is 0 Å². The molecule has 0 N–H and O–H groups in total. The van der Waals surface area contributed by atoms with Gasteiger partial charge in [-0.05, 0) is 100 Å². The minimum Gasteiger partial charge on any atom is -0.456 e. The largest absolute Gasteiger partial charge is 0.456 e. The van der Waals surface area contributed by atoms with Crippen LogP contribution in [0.3, 0.4) is 0 Å². The van der Waals surface area contributed by atoms with Crippen molar-refractivity contribution in [1.82, 2.24) is 24.1 Å². The molecule has 7 nitrogen and oxygen atoms in total. The van der Waals surface area contributed by atoms with Crippen molar-refractivity contribution in [2.45, 2.75) is 0 Å². The van der Waals surface area contributed by atoms with E-state index in [-0.39, 0.29) is 0 Å². The summed E-state index contributed by atoms with van der Waals surface area (Å²) in [5, 5.41) is 13.4. The molecule has 11 aromatic carbocycles. The second-order valence-electron chi connectivity index (χ2n) is 18.7. The third-order valence-electron chi connectivity index (χ3n) is 14.7. The minimum absolute atomic E-state index is 0.533. The monoisotopic (exact) mass is 919 g/mol. The number of hydrogen-bond donors (Lipinski definition) is 0. The fourth-order valence-electron chi connectivity index (χ4n) is 11.5. The van der Waals surface area contributed by atoms with Gasteiger partial charge in [-0.2, -0.15) is 0 Å². The summed E-state index contributed by atoms with van der Waals surface area (Å²) in [7, 11) is 0. The van der Waals surface area contributed by atoms with Gasteiger partial charge in [0.2, 0.25) is 0 Å². The van der Waals surface area contributed by atoms with Crippen LogP contribution in [0.25, 0.3) is 155 Å². The molecular weight excluding hydrogens is 883 g/mol. The van der Waals surface area contributed by atoms with Crippen LogP contribution in [0, 0.1) is 0 Å². The summed E-state index contributed by atoms with van der Waals surface area (Å²) in [4.78, 5) is 16.4. The Morgan fingerprint density at radius 2 is 0.861 bits per heavy atom. The number of furan rings is 2. The molecule has 5 heterocycles. The molecule has 0 spiro atoms. The Bertz CT molecular complexity index is 4940. The Morgan fingerprint density at radius 3 is 1.69 bits per heavy atom. The van der Waals surface area contributed by atoms with Crippen LogP contribution < -0.4 is 0 Å². The van der Waals surface area contributed by atoms with E-state index < -0.39 is 0 Å². The summed E-state index contributed by atoms with van der Waals surface area (Å²) in [6, 6.07) is 79.2. The fraction of sp³-hybridized carbons (Fsp3) is 0. The van der Waals surface area contributed by atoms with Crippen LogP contribution in [0.5, 0.6) is 0 Å². The molecule has 0 unspecified atom stereocenters. The highest BCUT2D eigenvalue weighted by atomic mass is 16.3. The summed E-state index contributed by atoms with van der Waals surface area (Å²) in [6.45, 7) is 0. The highest BCUT2D eigenvalue weighted by Crippen LogP contribution is 2.44. The number of rotatable bonds is 5. The average molecular weight is 920 g/mol. The highest BCUT2D eigenvalue weighted by Gasteiger charge is 2.24.